The van der Waals surface area contributed by atoms with Gasteiger partial charge in [0, 0.05) is 6.42 Å². The highest BCUT2D eigenvalue weighted by Crippen LogP contribution is 2.30. The molecular weight excluding hydrogens is 847 g/mol. The monoisotopic (exact) mass is 946 g/mol. The molecule has 1 amide bonds. The highest BCUT2D eigenvalue weighted by Gasteiger charge is 2.51. The van der Waals surface area contributed by atoms with Gasteiger partial charge in [0.1, 0.15) is 48.8 Å². The van der Waals surface area contributed by atoms with Gasteiger partial charge in [-0.05, 0) is 19.3 Å². The average Bonchev–Trinajstić information content (AvgIpc) is 3.31. The van der Waals surface area contributed by atoms with Gasteiger partial charge in [-0.3, -0.25) is 4.79 Å². The molecule has 2 rings (SSSR count). The summed E-state index contributed by atoms with van der Waals surface area (Å²) in [5, 5.41) is 86.8. The second-order valence-corrected chi connectivity index (χ2v) is 19.4. The quantitative estimate of drug-likeness (QED) is 0.0213. The van der Waals surface area contributed by atoms with Crippen molar-refractivity contribution in [2.75, 3.05) is 19.8 Å². The van der Waals surface area contributed by atoms with E-state index in [9.17, 15) is 45.6 Å². The number of nitrogens with one attached hydrogen (secondary N) is 1. The summed E-state index contributed by atoms with van der Waals surface area (Å²) in [5.74, 6) is -0.236. The van der Waals surface area contributed by atoms with Crippen LogP contribution >= 0.6 is 0 Å². The van der Waals surface area contributed by atoms with Gasteiger partial charge in [0.2, 0.25) is 5.91 Å². The molecule has 2 aliphatic heterocycles. The summed E-state index contributed by atoms with van der Waals surface area (Å²) in [6.45, 7) is 2.80. The largest absolute Gasteiger partial charge is 0.394 e. The molecule has 0 radical (unpaired) electrons. The number of carbonyl (C=O) groups excluding carboxylic acids is 1. The molecule has 9 N–H and O–H groups in total. The van der Waals surface area contributed by atoms with Gasteiger partial charge in [-0.25, -0.2) is 0 Å². The fourth-order valence-corrected chi connectivity index (χ4v) is 9.06. The van der Waals surface area contributed by atoms with Gasteiger partial charge in [-0.15, -0.1) is 0 Å². The van der Waals surface area contributed by atoms with Crippen molar-refractivity contribution in [2.24, 2.45) is 0 Å². The molecule has 14 heteroatoms. The number of aliphatic hydroxyl groups is 8. The van der Waals surface area contributed by atoms with E-state index < -0.39 is 86.8 Å². The summed E-state index contributed by atoms with van der Waals surface area (Å²) in [6, 6.07) is -0.908. The van der Waals surface area contributed by atoms with Crippen LogP contribution in [0, 0.1) is 0 Å². The maximum absolute atomic E-state index is 13.2. The zero-order valence-corrected chi connectivity index (χ0v) is 41.5. The minimum absolute atomic E-state index is 0.236. The first-order valence-electron chi connectivity index (χ1n) is 26.9. The molecule has 14 nitrogen and oxygen atoms in total. The molecule has 0 bridgehead atoms. The summed E-state index contributed by atoms with van der Waals surface area (Å²) in [7, 11) is 0. The van der Waals surface area contributed by atoms with E-state index in [-0.39, 0.29) is 18.9 Å². The van der Waals surface area contributed by atoms with E-state index in [0.717, 1.165) is 38.5 Å². The van der Waals surface area contributed by atoms with E-state index in [4.69, 9.17) is 18.9 Å². The number of carbonyl (C=O) groups is 1. The molecule has 12 atom stereocenters. The molecule has 0 aromatic heterocycles. The molecule has 390 valence electrons. The third-order valence-corrected chi connectivity index (χ3v) is 13.5. The van der Waals surface area contributed by atoms with Gasteiger partial charge in [-0.1, -0.05) is 206 Å². The number of rotatable bonds is 42. The third-order valence-electron chi connectivity index (χ3n) is 13.5. The van der Waals surface area contributed by atoms with Crippen LogP contribution in [0.4, 0.5) is 0 Å². The van der Waals surface area contributed by atoms with Gasteiger partial charge in [0.15, 0.2) is 12.6 Å². The first-order valence-corrected chi connectivity index (χ1v) is 26.9. The molecule has 2 fully saturated rings. The van der Waals surface area contributed by atoms with Crippen molar-refractivity contribution in [3.8, 4) is 0 Å². The Morgan fingerprint density at radius 2 is 0.939 bits per heavy atom. The van der Waals surface area contributed by atoms with Crippen LogP contribution in [-0.2, 0) is 23.7 Å². The van der Waals surface area contributed by atoms with E-state index in [2.05, 4.69) is 19.2 Å². The normalized spacial score (nSPS) is 26.8. The molecular formula is C52H99NO13. The maximum Gasteiger partial charge on any atom is 0.220 e. The van der Waals surface area contributed by atoms with Crippen LogP contribution in [0.25, 0.3) is 0 Å². The molecule has 66 heavy (non-hydrogen) atoms. The Morgan fingerprint density at radius 3 is 1.39 bits per heavy atom. The van der Waals surface area contributed by atoms with Crippen molar-refractivity contribution in [3.05, 3.63) is 12.2 Å². The molecule has 0 aliphatic carbocycles. The van der Waals surface area contributed by atoms with Gasteiger partial charge in [0.05, 0.1) is 32.0 Å². The van der Waals surface area contributed by atoms with E-state index in [1.807, 2.05) is 6.08 Å². The Labute approximate surface area is 399 Å². The van der Waals surface area contributed by atoms with Crippen molar-refractivity contribution in [2.45, 2.75) is 293 Å². The molecule has 0 aromatic carbocycles. The van der Waals surface area contributed by atoms with E-state index >= 15 is 0 Å². The molecule has 0 saturated carbocycles. The Kier molecular flexibility index (Phi) is 36.4. The zero-order valence-electron chi connectivity index (χ0n) is 41.5. The second kappa shape index (κ2) is 39.5. The number of unbranched alkanes of at least 4 members (excludes halogenated alkanes) is 29. The summed E-state index contributed by atoms with van der Waals surface area (Å²) in [4.78, 5) is 13.2. The van der Waals surface area contributed by atoms with Crippen LogP contribution < -0.4 is 5.32 Å². The zero-order chi connectivity index (χ0) is 48.2. The molecule has 4 unspecified atom stereocenters. The highest BCUT2D eigenvalue weighted by molar-refractivity contribution is 5.76. The van der Waals surface area contributed by atoms with Crippen LogP contribution in [0.3, 0.4) is 0 Å². The third kappa shape index (κ3) is 26.1. The average molecular weight is 946 g/mol. The van der Waals surface area contributed by atoms with Gasteiger partial charge < -0.3 is 65.1 Å². The Balaban J connectivity index is 1.83. The summed E-state index contributed by atoms with van der Waals surface area (Å²) >= 11 is 0. The predicted octanol–water partition coefficient (Wildman–Crippen LogP) is 7.55. The van der Waals surface area contributed by atoms with Gasteiger partial charge in [-0.2, -0.15) is 0 Å². The Bertz CT molecular complexity index is 1160. The topological polar surface area (TPSA) is 228 Å². The lowest BCUT2D eigenvalue weighted by Gasteiger charge is -2.46. The number of ether oxygens (including phenoxy) is 4. The fourth-order valence-electron chi connectivity index (χ4n) is 9.06. The van der Waals surface area contributed by atoms with Crippen LogP contribution in [0.5, 0.6) is 0 Å². The van der Waals surface area contributed by atoms with E-state index in [1.165, 1.54) is 154 Å². The van der Waals surface area contributed by atoms with Crippen LogP contribution in [-0.4, -0.2) is 140 Å². The number of aliphatic hydroxyl groups excluding tert-OH is 8. The number of hydrogen-bond acceptors (Lipinski definition) is 13. The minimum atomic E-state index is -1.78. The summed E-state index contributed by atoms with van der Waals surface area (Å²) < 4.78 is 22.7. The van der Waals surface area contributed by atoms with Gasteiger partial charge >= 0.3 is 0 Å². The molecule has 2 aliphatic rings. The Morgan fingerprint density at radius 1 is 0.530 bits per heavy atom. The van der Waals surface area contributed by atoms with Crippen molar-refractivity contribution >= 4 is 5.91 Å². The van der Waals surface area contributed by atoms with Crippen molar-refractivity contribution in [1.82, 2.24) is 5.32 Å². The SMILES string of the molecule is CCCCCCCCCCCCCCCC/C=C/[C@@H](O)[C@H](CO[C@@H]1O[C@H](CO)[C@@H](O[C@@H]2O[C@H](CO)[C@H](O)C(O)C2O)C(O)C1O)NC(=O)CCCCCCCCCCCCCCCCCC. The first kappa shape index (κ1) is 60.9. The number of amides is 1. The lowest BCUT2D eigenvalue weighted by molar-refractivity contribution is -0.359. The van der Waals surface area contributed by atoms with E-state index in [0.29, 0.717) is 6.42 Å². The highest BCUT2D eigenvalue weighted by atomic mass is 16.7. The molecule has 0 aromatic rings. The van der Waals surface area contributed by atoms with Crippen molar-refractivity contribution in [1.29, 1.82) is 0 Å². The number of hydrogen-bond donors (Lipinski definition) is 9. The van der Waals surface area contributed by atoms with Crippen molar-refractivity contribution in [3.63, 3.8) is 0 Å². The minimum Gasteiger partial charge on any atom is -0.394 e. The maximum atomic E-state index is 13.2. The molecule has 2 saturated heterocycles. The number of allylic oxidation sites excluding steroid dienone is 1. The van der Waals surface area contributed by atoms with Crippen LogP contribution in [0.1, 0.15) is 219 Å². The fraction of sp³-hybridized carbons (Fsp3) is 0.942. The predicted molar refractivity (Wildman–Crippen MR) is 259 cm³/mol. The first-order chi connectivity index (χ1) is 32.1. The van der Waals surface area contributed by atoms with Crippen molar-refractivity contribution < 1.29 is 64.6 Å². The van der Waals surface area contributed by atoms with E-state index in [1.54, 1.807) is 6.08 Å². The Hall–Kier alpha value is -1.27. The van der Waals surface area contributed by atoms with Crippen LogP contribution in [0.15, 0.2) is 12.2 Å². The summed E-state index contributed by atoms with van der Waals surface area (Å²) in [6.07, 6.45) is 25.3. The smallest absolute Gasteiger partial charge is 0.220 e. The second-order valence-electron chi connectivity index (χ2n) is 19.4. The molecule has 2 heterocycles. The van der Waals surface area contributed by atoms with Gasteiger partial charge in [0.25, 0.3) is 0 Å². The lowest BCUT2D eigenvalue weighted by Crippen LogP contribution is -2.65. The summed E-state index contributed by atoms with van der Waals surface area (Å²) in [5.41, 5.74) is 0. The molecule has 0 spiro atoms. The lowest BCUT2D eigenvalue weighted by atomic mass is 9.97. The van der Waals surface area contributed by atoms with Crippen LogP contribution in [0.2, 0.25) is 0 Å². The standard InChI is InChI=1S/C52H99NO13/c1-3-5-7-9-11-13-15-17-19-21-23-25-27-29-31-33-35-41(56)40(53-44(57)36-34-32-30-28-26-24-22-20-18-16-14-12-10-8-6-4-2)39-63-51-49(62)47(60)50(43(38-55)65-51)66-52-48(61)46(59)45(58)42(37-54)64-52/h33,35,40-43,45-52,54-56,58-62H,3-32,34,36-39H2,1-2H3,(H,53,57)/b35-33+/t40-,41+,42+,43+,45-,46?,47?,48?,49?,50+,51+,52-/m0/s1.